The van der Waals surface area contributed by atoms with Gasteiger partial charge in [-0.05, 0) is 37.3 Å². The summed E-state index contributed by atoms with van der Waals surface area (Å²) in [7, 11) is 0. The molecule has 0 aromatic rings. The van der Waals surface area contributed by atoms with Crippen LogP contribution in [0.15, 0.2) is 0 Å². The Kier molecular flexibility index (Phi) is 6.09. The van der Waals surface area contributed by atoms with Crippen molar-refractivity contribution in [2.75, 3.05) is 26.2 Å². The highest BCUT2D eigenvalue weighted by Gasteiger charge is 2.20. The van der Waals surface area contributed by atoms with Crippen LogP contribution >= 0.6 is 0 Å². The highest BCUT2D eigenvalue weighted by Crippen LogP contribution is 2.24. The molecule has 4 heteroatoms. The zero-order valence-corrected chi connectivity index (χ0v) is 12.2. The number of amides is 1. The molecule has 1 unspecified atom stereocenters. The smallest absolute Gasteiger partial charge is 0.246 e. The van der Waals surface area contributed by atoms with E-state index in [9.17, 15) is 4.79 Å². The number of carbonyl (C=O) groups is 1. The summed E-state index contributed by atoms with van der Waals surface area (Å²) in [5, 5.41) is 6.23. The largest absolute Gasteiger partial charge is 0.368 e. The van der Waals surface area contributed by atoms with Crippen molar-refractivity contribution in [2.45, 2.75) is 46.6 Å². The van der Waals surface area contributed by atoms with Gasteiger partial charge in [-0.25, -0.2) is 0 Å². The minimum atomic E-state index is 0.00429. The van der Waals surface area contributed by atoms with E-state index in [1.165, 1.54) is 0 Å². The van der Waals surface area contributed by atoms with Crippen molar-refractivity contribution in [3.8, 4) is 0 Å². The fourth-order valence-corrected chi connectivity index (χ4v) is 1.78. The summed E-state index contributed by atoms with van der Waals surface area (Å²) in [5.74, 6) is 0.463. The number of hydrogen-bond donors (Lipinski definition) is 2. The van der Waals surface area contributed by atoms with Gasteiger partial charge in [0, 0.05) is 6.54 Å². The van der Waals surface area contributed by atoms with Gasteiger partial charge >= 0.3 is 0 Å². The van der Waals surface area contributed by atoms with Crippen LogP contribution in [0.1, 0.15) is 40.5 Å². The van der Waals surface area contributed by atoms with Crippen molar-refractivity contribution in [3.63, 3.8) is 0 Å². The van der Waals surface area contributed by atoms with Crippen molar-refractivity contribution < 1.29 is 9.53 Å². The molecule has 1 aliphatic heterocycles. The molecule has 1 amide bonds. The van der Waals surface area contributed by atoms with Crippen LogP contribution in [-0.4, -0.2) is 38.3 Å². The Morgan fingerprint density at radius 1 is 1.39 bits per heavy atom. The molecule has 106 valence electrons. The van der Waals surface area contributed by atoms with Gasteiger partial charge in [0.1, 0.15) is 6.61 Å². The predicted molar refractivity (Wildman–Crippen MR) is 73.5 cm³/mol. The molecule has 1 heterocycles. The van der Waals surface area contributed by atoms with Crippen molar-refractivity contribution in [3.05, 3.63) is 0 Å². The van der Waals surface area contributed by atoms with Gasteiger partial charge in [0.15, 0.2) is 0 Å². The molecule has 0 aromatic carbocycles. The first-order valence-electron chi connectivity index (χ1n) is 6.98. The monoisotopic (exact) mass is 256 g/mol. The summed E-state index contributed by atoms with van der Waals surface area (Å²) in [6, 6.07) is 0. The van der Waals surface area contributed by atoms with E-state index in [0.717, 1.165) is 32.5 Å². The lowest BCUT2D eigenvalue weighted by Crippen LogP contribution is -2.38. The topological polar surface area (TPSA) is 50.4 Å². The van der Waals surface area contributed by atoms with E-state index in [1.807, 2.05) is 0 Å². The molecule has 0 aliphatic carbocycles. The maximum absolute atomic E-state index is 11.7. The molecule has 1 saturated heterocycles. The molecule has 1 rings (SSSR count). The van der Waals surface area contributed by atoms with Gasteiger partial charge in [-0.15, -0.1) is 0 Å². The van der Waals surface area contributed by atoms with Crippen molar-refractivity contribution in [2.24, 2.45) is 11.3 Å². The average Bonchev–Trinajstić information content (AvgIpc) is 2.33. The number of ether oxygens (including phenoxy) is 1. The summed E-state index contributed by atoms with van der Waals surface area (Å²) in [5.41, 5.74) is 0.225. The Morgan fingerprint density at radius 3 is 2.56 bits per heavy atom. The number of nitrogens with one attached hydrogen (secondary N) is 2. The van der Waals surface area contributed by atoms with Crippen LogP contribution in [0.2, 0.25) is 0 Å². The van der Waals surface area contributed by atoms with Crippen LogP contribution in [0.25, 0.3) is 0 Å². The zero-order chi connectivity index (χ0) is 13.6. The first kappa shape index (κ1) is 15.4. The fraction of sp³-hybridized carbons (Fsp3) is 0.929. The van der Waals surface area contributed by atoms with Gasteiger partial charge < -0.3 is 15.4 Å². The van der Waals surface area contributed by atoms with E-state index in [4.69, 9.17) is 4.74 Å². The lowest BCUT2D eigenvalue weighted by molar-refractivity contribution is -0.128. The van der Waals surface area contributed by atoms with Crippen LogP contribution in [0.4, 0.5) is 0 Å². The van der Waals surface area contributed by atoms with Crippen LogP contribution in [-0.2, 0) is 9.53 Å². The Bertz CT molecular complexity index is 255. The minimum Gasteiger partial charge on any atom is -0.368 e. The fourth-order valence-electron chi connectivity index (χ4n) is 1.78. The maximum Gasteiger partial charge on any atom is 0.246 e. The minimum absolute atomic E-state index is 0.00429. The molecule has 18 heavy (non-hydrogen) atoms. The number of hydrogen-bond acceptors (Lipinski definition) is 3. The van der Waals surface area contributed by atoms with Gasteiger partial charge in [-0.1, -0.05) is 27.7 Å². The summed E-state index contributed by atoms with van der Waals surface area (Å²) in [4.78, 5) is 11.7. The van der Waals surface area contributed by atoms with Crippen molar-refractivity contribution in [1.82, 2.24) is 10.6 Å². The summed E-state index contributed by atoms with van der Waals surface area (Å²) < 4.78 is 5.61. The molecule has 2 N–H and O–H groups in total. The molecule has 1 fully saturated rings. The van der Waals surface area contributed by atoms with Crippen LogP contribution in [0.3, 0.4) is 0 Å². The van der Waals surface area contributed by atoms with Crippen LogP contribution in [0.5, 0.6) is 0 Å². The van der Waals surface area contributed by atoms with Gasteiger partial charge in [-0.3, -0.25) is 4.79 Å². The lowest BCUT2D eigenvalue weighted by atomic mass is 9.82. The third-order valence-corrected chi connectivity index (χ3v) is 3.82. The van der Waals surface area contributed by atoms with E-state index in [1.54, 1.807) is 0 Å². The Labute approximate surface area is 111 Å². The number of piperidine rings is 1. The molecule has 0 radical (unpaired) electrons. The molecule has 1 aliphatic rings. The number of rotatable bonds is 5. The SMILES string of the molecule is CC(CNC(=O)COC1CCNCC1)C(C)(C)C. The molecule has 0 saturated carbocycles. The quantitative estimate of drug-likeness (QED) is 0.785. The molecule has 0 spiro atoms. The second-order valence-corrected chi connectivity index (χ2v) is 6.33. The lowest BCUT2D eigenvalue weighted by Gasteiger charge is -2.27. The van der Waals surface area contributed by atoms with Crippen LogP contribution < -0.4 is 10.6 Å². The zero-order valence-electron chi connectivity index (χ0n) is 12.2. The van der Waals surface area contributed by atoms with E-state index >= 15 is 0 Å². The molecule has 4 nitrogen and oxygen atoms in total. The summed E-state index contributed by atoms with van der Waals surface area (Å²) >= 11 is 0. The first-order valence-corrected chi connectivity index (χ1v) is 6.98. The Balaban J connectivity index is 2.13. The normalized spacial score (nSPS) is 19.6. The van der Waals surface area contributed by atoms with Gasteiger partial charge in [0.2, 0.25) is 5.91 Å². The maximum atomic E-state index is 11.7. The highest BCUT2D eigenvalue weighted by molar-refractivity contribution is 5.77. The van der Waals surface area contributed by atoms with Crippen molar-refractivity contribution in [1.29, 1.82) is 0 Å². The van der Waals surface area contributed by atoms with E-state index in [-0.39, 0.29) is 24.0 Å². The van der Waals surface area contributed by atoms with E-state index in [2.05, 4.69) is 38.3 Å². The molecule has 0 aromatic heterocycles. The highest BCUT2D eigenvalue weighted by atomic mass is 16.5. The second kappa shape index (κ2) is 7.10. The standard InChI is InChI=1S/C14H28N2O2/c1-11(14(2,3)4)9-16-13(17)10-18-12-5-7-15-8-6-12/h11-12,15H,5-10H2,1-4H3,(H,16,17). The van der Waals surface area contributed by atoms with Gasteiger partial charge in [0.25, 0.3) is 0 Å². The summed E-state index contributed by atoms with van der Waals surface area (Å²) in [6.45, 7) is 11.6. The van der Waals surface area contributed by atoms with Crippen LogP contribution in [0, 0.1) is 11.3 Å². The first-order chi connectivity index (χ1) is 8.39. The molecular formula is C14H28N2O2. The number of carbonyl (C=O) groups excluding carboxylic acids is 1. The Hall–Kier alpha value is -0.610. The third kappa shape index (κ3) is 5.83. The Morgan fingerprint density at radius 2 is 2.00 bits per heavy atom. The van der Waals surface area contributed by atoms with Gasteiger partial charge in [-0.2, -0.15) is 0 Å². The average molecular weight is 256 g/mol. The predicted octanol–water partition coefficient (Wildman–Crippen LogP) is 1.55. The van der Waals surface area contributed by atoms with E-state index in [0.29, 0.717) is 5.92 Å². The van der Waals surface area contributed by atoms with Gasteiger partial charge in [0.05, 0.1) is 6.10 Å². The van der Waals surface area contributed by atoms with E-state index < -0.39 is 0 Å². The molecule has 0 bridgehead atoms. The summed E-state index contributed by atoms with van der Waals surface area (Å²) in [6.07, 6.45) is 2.26. The molecular weight excluding hydrogens is 228 g/mol. The van der Waals surface area contributed by atoms with Crippen molar-refractivity contribution >= 4 is 5.91 Å². The molecule has 1 atom stereocenters. The second-order valence-electron chi connectivity index (χ2n) is 6.33. The third-order valence-electron chi connectivity index (χ3n) is 3.82.